The summed E-state index contributed by atoms with van der Waals surface area (Å²) in [5, 5.41) is 11.6. The van der Waals surface area contributed by atoms with Crippen LogP contribution in [0, 0.1) is 5.92 Å². The Morgan fingerprint density at radius 3 is 2.67 bits per heavy atom. The molecule has 18 heavy (non-hydrogen) atoms. The second-order valence-corrected chi connectivity index (χ2v) is 4.27. The lowest BCUT2D eigenvalue weighted by Crippen LogP contribution is -2.40. The van der Waals surface area contributed by atoms with Gasteiger partial charge in [-0.05, 0) is 25.0 Å². The van der Waals surface area contributed by atoms with Gasteiger partial charge in [0.2, 0.25) is 5.91 Å². The van der Waals surface area contributed by atoms with E-state index in [1.807, 2.05) is 0 Å². The molecule has 6 heteroatoms. The van der Waals surface area contributed by atoms with Crippen LogP contribution in [-0.4, -0.2) is 40.1 Å². The zero-order valence-electron chi connectivity index (χ0n) is 9.87. The van der Waals surface area contributed by atoms with E-state index >= 15 is 0 Å². The van der Waals surface area contributed by atoms with Crippen LogP contribution in [0.5, 0.6) is 0 Å². The van der Waals surface area contributed by atoms with E-state index in [0.717, 1.165) is 0 Å². The van der Waals surface area contributed by atoms with Gasteiger partial charge >= 0.3 is 6.09 Å². The molecule has 1 aliphatic heterocycles. The molecule has 2 rings (SSSR count). The fourth-order valence-electron chi connectivity index (χ4n) is 2.01. The monoisotopic (exact) mass is 249 g/mol. The van der Waals surface area contributed by atoms with Gasteiger partial charge in [-0.2, -0.15) is 0 Å². The van der Waals surface area contributed by atoms with Crippen LogP contribution in [0.4, 0.5) is 10.5 Å². The molecule has 1 aliphatic rings. The SMILES string of the molecule is O=C(Nc1cccnc1)C1CCN(C(=O)O)CC1. The van der Waals surface area contributed by atoms with Gasteiger partial charge in [0.05, 0.1) is 11.9 Å². The Hall–Kier alpha value is -2.11. The Morgan fingerprint density at radius 2 is 2.11 bits per heavy atom. The number of rotatable bonds is 2. The van der Waals surface area contributed by atoms with Gasteiger partial charge < -0.3 is 15.3 Å². The van der Waals surface area contributed by atoms with Gasteiger partial charge in [0.15, 0.2) is 0 Å². The zero-order chi connectivity index (χ0) is 13.0. The molecule has 0 aliphatic carbocycles. The summed E-state index contributed by atoms with van der Waals surface area (Å²) in [6, 6.07) is 3.53. The highest BCUT2D eigenvalue weighted by atomic mass is 16.4. The predicted molar refractivity (Wildman–Crippen MR) is 65.2 cm³/mol. The Kier molecular flexibility index (Phi) is 3.76. The van der Waals surface area contributed by atoms with Crippen LogP contribution in [0.3, 0.4) is 0 Å². The molecule has 2 N–H and O–H groups in total. The fraction of sp³-hybridized carbons (Fsp3) is 0.417. The van der Waals surface area contributed by atoms with Crippen molar-refractivity contribution in [2.24, 2.45) is 5.92 Å². The molecule has 0 unspecified atom stereocenters. The molecule has 1 aromatic heterocycles. The molecule has 0 aromatic carbocycles. The number of hydrogen-bond acceptors (Lipinski definition) is 3. The molecule has 1 fully saturated rings. The Balaban J connectivity index is 1.86. The first-order chi connectivity index (χ1) is 8.66. The molecule has 0 bridgehead atoms. The van der Waals surface area contributed by atoms with Crippen molar-refractivity contribution in [3.63, 3.8) is 0 Å². The molecule has 2 amide bonds. The number of hydrogen-bond donors (Lipinski definition) is 2. The predicted octanol–water partition coefficient (Wildman–Crippen LogP) is 1.41. The Bertz CT molecular complexity index is 427. The summed E-state index contributed by atoms with van der Waals surface area (Å²) in [6.45, 7) is 0.834. The van der Waals surface area contributed by atoms with Gasteiger partial charge in [-0.25, -0.2) is 4.79 Å². The topological polar surface area (TPSA) is 82.5 Å². The highest BCUT2D eigenvalue weighted by molar-refractivity contribution is 5.92. The third-order valence-electron chi connectivity index (χ3n) is 3.07. The number of nitrogens with one attached hydrogen (secondary N) is 1. The number of likely N-dealkylation sites (tertiary alicyclic amines) is 1. The molecule has 96 valence electrons. The average molecular weight is 249 g/mol. The normalized spacial score (nSPS) is 16.3. The van der Waals surface area contributed by atoms with Crippen LogP contribution in [0.1, 0.15) is 12.8 Å². The van der Waals surface area contributed by atoms with Crippen LogP contribution in [0.15, 0.2) is 24.5 Å². The molecule has 0 atom stereocenters. The number of carbonyl (C=O) groups is 2. The lowest BCUT2D eigenvalue weighted by molar-refractivity contribution is -0.121. The molecule has 0 radical (unpaired) electrons. The van der Waals surface area contributed by atoms with E-state index < -0.39 is 6.09 Å². The van der Waals surface area contributed by atoms with Crippen molar-refractivity contribution in [1.82, 2.24) is 9.88 Å². The number of anilines is 1. The number of piperidine rings is 1. The molecule has 2 heterocycles. The second kappa shape index (κ2) is 5.48. The van der Waals surface area contributed by atoms with E-state index in [9.17, 15) is 9.59 Å². The van der Waals surface area contributed by atoms with E-state index in [0.29, 0.717) is 31.6 Å². The fourth-order valence-corrected chi connectivity index (χ4v) is 2.01. The Morgan fingerprint density at radius 1 is 1.39 bits per heavy atom. The van der Waals surface area contributed by atoms with Crippen LogP contribution in [0.2, 0.25) is 0 Å². The van der Waals surface area contributed by atoms with Crippen LogP contribution >= 0.6 is 0 Å². The summed E-state index contributed by atoms with van der Waals surface area (Å²) in [7, 11) is 0. The highest BCUT2D eigenvalue weighted by Crippen LogP contribution is 2.19. The van der Waals surface area contributed by atoms with Gasteiger partial charge in [-0.3, -0.25) is 9.78 Å². The van der Waals surface area contributed by atoms with E-state index in [1.165, 1.54) is 4.90 Å². The van der Waals surface area contributed by atoms with Crippen LogP contribution in [0.25, 0.3) is 0 Å². The largest absolute Gasteiger partial charge is 0.465 e. The summed E-state index contributed by atoms with van der Waals surface area (Å²) in [5.41, 5.74) is 0.670. The van der Waals surface area contributed by atoms with Crippen LogP contribution in [-0.2, 0) is 4.79 Å². The van der Waals surface area contributed by atoms with Crippen LogP contribution < -0.4 is 5.32 Å². The van der Waals surface area contributed by atoms with E-state index in [-0.39, 0.29) is 11.8 Å². The minimum absolute atomic E-state index is 0.0620. The third-order valence-corrected chi connectivity index (χ3v) is 3.07. The summed E-state index contributed by atoms with van der Waals surface area (Å²) >= 11 is 0. The zero-order valence-corrected chi connectivity index (χ0v) is 9.87. The number of nitrogens with zero attached hydrogens (tertiary/aromatic N) is 2. The molecular formula is C12H15N3O3. The van der Waals surface area contributed by atoms with Crippen molar-refractivity contribution in [3.8, 4) is 0 Å². The summed E-state index contributed by atoms with van der Waals surface area (Å²) in [5.74, 6) is -0.186. The highest BCUT2D eigenvalue weighted by Gasteiger charge is 2.26. The smallest absolute Gasteiger partial charge is 0.407 e. The van der Waals surface area contributed by atoms with Gasteiger partial charge in [-0.1, -0.05) is 0 Å². The van der Waals surface area contributed by atoms with E-state index in [2.05, 4.69) is 10.3 Å². The van der Waals surface area contributed by atoms with Gasteiger partial charge in [0.1, 0.15) is 0 Å². The summed E-state index contributed by atoms with van der Waals surface area (Å²) in [4.78, 5) is 27.9. The molecule has 0 spiro atoms. The molecule has 1 saturated heterocycles. The van der Waals surface area contributed by atoms with Gasteiger partial charge in [0.25, 0.3) is 0 Å². The molecular weight excluding hydrogens is 234 g/mol. The molecule has 6 nitrogen and oxygen atoms in total. The summed E-state index contributed by atoms with van der Waals surface area (Å²) < 4.78 is 0. The Labute approximate surface area is 105 Å². The van der Waals surface area contributed by atoms with Crippen molar-refractivity contribution < 1.29 is 14.7 Å². The van der Waals surface area contributed by atoms with Crippen molar-refractivity contribution in [1.29, 1.82) is 0 Å². The van der Waals surface area contributed by atoms with E-state index in [1.54, 1.807) is 24.5 Å². The van der Waals surface area contributed by atoms with Crippen molar-refractivity contribution >= 4 is 17.7 Å². The minimum Gasteiger partial charge on any atom is -0.465 e. The van der Waals surface area contributed by atoms with Crippen molar-refractivity contribution in [3.05, 3.63) is 24.5 Å². The maximum Gasteiger partial charge on any atom is 0.407 e. The van der Waals surface area contributed by atoms with Crippen molar-refractivity contribution in [2.75, 3.05) is 18.4 Å². The first kappa shape index (κ1) is 12.3. The van der Waals surface area contributed by atoms with Gasteiger partial charge in [-0.15, -0.1) is 0 Å². The van der Waals surface area contributed by atoms with Gasteiger partial charge in [0, 0.05) is 25.2 Å². The quantitative estimate of drug-likeness (QED) is 0.830. The number of aromatic nitrogens is 1. The lowest BCUT2D eigenvalue weighted by Gasteiger charge is -2.29. The number of amides is 2. The molecule has 0 saturated carbocycles. The maximum absolute atomic E-state index is 11.9. The first-order valence-corrected chi connectivity index (χ1v) is 5.85. The first-order valence-electron chi connectivity index (χ1n) is 5.85. The maximum atomic E-state index is 11.9. The number of carbonyl (C=O) groups excluding carboxylic acids is 1. The third kappa shape index (κ3) is 2.97. The minimum atomic E-state index is -0.916. The molecule has 1 aromatic rings. The average Bonchev–Trinajstić information content (AvgIpc) is 2.40. The number of pyridine rings is 1. The summed E-state index contributed by atoms with van der Waals surface area (Å²) in [6.07, 6.45) is 3.45. The van der Waals surface area contributed by atoms with Crippen molar-refractivity contribution in [2.45, 2.75) is 12.8 Å². The standard InChI is InChI=1S/C12H15N3O3/c16-11(14-10-2-1-5-13-8-10)9-3-6-15(7-4-9)12(17)18/h1-2,5,8-9H,3-4,6-7H2,(H,14,16)(H,17,18). The van der Waals surface area contributed by atoms with E-state index in [4.69, 9.17) is 5.11 Å². The lowest BCUT2D eigenvalue weighted by atomic mass is 9.96. The second-order valence-electron chi connectivity index (χ2n) is 4.27. The number of carboxylic acid groups (broad SMARTS) is 1.